The molecule has 118 valence electrons. The molecule has 0 radical (unpaired) electrons. The van der Waals surface area contributed by atoms with E-state index in [1.165, 1.54) is 0 Å². The maximum Gasteiger partial charge on any atom is 0.412 e. The van der Waals surface area contributed by atoms with E-state index in [0.29, 0.717) is 11.2 Å². The number of nitrogens with one attached hydrogen (secondary N) is 1. The zero-order valence-electron chi connectivity index (χ0n) is 12.4. The molecule has 0 bridgehead atoms. The molecule has 0 aliphatic heterocycles. The fourth-order valence-corrected chi connectivity index (χ4v) is 2.11. The Morgan fingerprint density at radius 3 is 2.73 bits per heavy atom. The Morgan fingerprint density at radius 2 is 2.14 bits per heavy atom. The van der Waals surface area contributed by atoms with E-state index in [4.69, 9.17) is 9.15 Å². The second-order valence-electron chi connectivity index (χ2n) is 6.35. The monoisotopic (exact) mass is 310 g/mol. The highest BCUT2D eigenvalue weighted by molar-refractivity contribution is 5.95. The quantitative estimate of drug-likeness (QED) is 0.898. The predicted octanol–water partition coefficient (Wildman–Crippen LogP) is 4.30. The van der Waals surface area contributed by atoms with Crippen LogP contribution >= 0.6 is 0 Å². The topological polar surface area (TPSA) is 64.4 Å². The number of hydrogen-bond acceptors (Lipinski definition) is 4. The Balaban J connectivity index is 1.86. The number of para-hydroxylation sites is 1. The second kappa shape index (κ2) is 4.66. The maximum absolute atomic E-state index is 13.1. The van der Waals surface area contributed by atoms with Gasteiger partial charge in [-0.1, -0.05) is 6.07 Å². The van der Waals surface area contributed by atoms with Gasteiger partial charge in [-0.15, -0.1) is 0 Å². The molecule has 1 N–H and O–H groups in total. The van der Waals surface area contributed by atoms with Crippen molar-refractivity contribution in [2.45, 2.75) is 44.6 Å². The molecule has 1 aromatic heterocycles. The van der Waals surface area contributed by atoms with Crippen LogP contribution in [0.3, 0.4) is 0 Å². The molecule has 1 unspecified atom stereocenters. The highest BCUT2D eigenvalue weighted by atomic mass is 19.3. The first-order valence-corrected chi connectivity index (χ1v) is 6.93. The summed E-state index contributed by atoms with van der Waals surface area (Å²) in [6.07, 6.45) is -0.899. The van der Waals surface area contributed by atoms with Gasteiger partial charge in [0.1, 0.15) is 17.0 Å². The number of ether oxygens (including phenoxy) is 1. The molecular formula is C15H16F2N2O3. The first-order chi connectivity index (χ1) is 10.2. The van der Waals surface area contributed by atoms with Gasteiger partial charge in [-0.25, -0.2) is 18.6 Å². The largest absolute Gasteiger partial charge is 0.444 e. The lowest BCUT2D eigenvalue weighted by molar-refractivity contribution is 0.0635. The number of aromatic nitrogens is 1. The molecule has 0 spiro atoms. The molecule has 1 aliphatic rings. The maximum atomic E-state index is 13.1. The van der Waals surface area contributed by atoms with Gasteiger partial charge >= 0.3 is 6.09 Å². The molecule has 0 saturated heterocycles. The molecule has 1 atom stereocenters. The summed E-state index contributed by atoms with van der Waals surface area (Å²) in [6.45, 7) is 5.23. The summed E-state index contributed by atoms with van der Waals surface area (Å²) >= 11 is 0. The average molecular weight is 310 g/mol. The minimum absolute atomic E-state index is 0.00145. The molecule has 22 heavy (non-hydrogen) atoms. The van der Waals surface area contributed by atoms with Crippen molar-refractivity contribution in [1.29, 1.82) is 0 Å². The summed E-state index contributed by atoms with van der Waals surface area (Å²) in [5.41, 5.74) is 0.396. The molecule has 5 nitrogen and oxygen atoms in total. The van der Waals surface area contributed by atoms with Crippen molar-refractivity contribution < 1.29 is 22.7 Å². The third-order valence-corrected chi connectivity index (χ3v) is 3.19. The van der Waals surface area contributed by atoms with Crippen LogP contribution in [0.5, 0.6) is 0 Å². The number of rotatable bonds is 2. The van der Waals surface area contributed by atoms with Crippen LogP contribution in [-0.2, 0) is 4.74 Å². The van der Waals surface area contributed by atoms with E-state index >= 15 is 0 Å². The van der Waals surface area contributed by atoms with E-state index in [1.54, 1.807) is 39.0 Å². The molecule has 1 amide bonds. The van der Waals surface area contributed by atoms with Crippen molar-refractivity contribution in [2.24, 2.45) is 0 Å². The van der Waals surface area contributed by atoms with Gasteiger partial charge in [0.2, 0.25) is 5.89 Å². The van der Waals surface area contributed by atoms with Gasteiger partial charge in [0, 0.05) is 6.42 Å². The van der Waals surface area contributed by atoms with E-state index in [0.717, 1.165) is 0 Å². The van der Waals surface area contributed by atoms with Crippen LogP contribution in [0.15, 0.2) is 22.6 Å². The van der Waals surface area contributed by atoms with E-state index in [-0.39, 0.29) is 17.9 Å². The number of benzene rings is 1. The first kappa shape index (κ1) is 14.7. The second-order valence-corrected chi connectivity index (χ2v) is 6.35. The zero-order chi connectivity index (χ0) is 16.1. The van der Waals surface area contributed by atoms with Crippen molar-refractivity contribution in [3.8, 4) is 0 Å². The van der Waals surface area contributed by atoms with Gasteiger partial charge in [0.25, 0.3) is 5.92 Å². The summed E-state index contributed by atoms with van der Waals surface area (Å²) in [7, 11) is 0. The lowest BCUT2D eigenvalue weighted by Crippen LogP contribution is -2.27. The Bertz CT molecular complexity index is 734. The van der Waals surface area contributed by atoms with Crippen molar-refractivity contribution in [2.75, 3.05) is 5.32 Å². The normalized spacial score (nSPS) is 20.0. The van der Waals surface area contributed by atoms with E-state index in [2.05, 4.69) is 10.3 Å². The Kier molecular flexibility index (Phi) is 3.12. The summed E-state index contributed by atoms with van der Waals surface area (Å²) in [5, 5.41) is 2.55. The predicted molar refractivity (Wildman–Crippen MR) is 76.2 cm³/mol. The number of halogens is 2. The molecule has 2 aromatic rings. The van der Waals surface area contributed by atoms with E-state index in [1.807, 2.05) is 0 Å². The fourth-order valence-electron chi connectivity index (χ4n) is 2.11. The van der Waals surface area contributed by atoms with Gasteiger partial charge < -0.3 is 9.15 Å². The van der Waals surface area contributed by atoms with Crippen LogP contribution in [0, 0.1) is 0 Å². The zero-order valence-corrected chi connectivity index (χ0v) is 12.4. The highest BCUT2D eigenvalue weighted by Crippen LogP contribution is 2.55. The molecular weight excluding hydrogens is 294 g/mol. The molecule has 7 heteroatoms. The van der Waals surface area contributed by atoms with Crippen molar-refractivity contribution in [1.82, 2.24) is 4.98 Å². The van der Waals surface area contributed by atoms with Crippen molar-refractivity contribution in [3.05, 3.63) is 24.1 Å². The number of carbonyl (C=O) groups is 1. The van der Waals surface area contributed by atoms with Crippen molar-refractivity contribution in [3.63, 3.8) is 0 Å². The number of oxazole rings is 1. The standard InChI is InChI=1S/C15H16F2N2O3/c1-14(2,3)22-13(20)19-10-6-4-5-9-11(10)21-12(18-9)8-7-15(8,16)17/h4-6,8H,7H2,1-3H3,(H,19,20). The number of hydrogen-bond donors (Lipinski definition) is 1. The number of anilines is 1. The van der Waals surface area contributed by atoms with E-state index < -0.39 is 23.5 Å². The van der Waals surface area contributed by atoms with Gasteiger partial charge in [-0.2, -0.15) is 0 Å². The van der Waals surface area contributed by atoms with Crippen LogP contribution < -0.4 is 5.32 Å². The van der Waals surface area contributed by atoms with E-state index in [9.17, 15) is 13.6 Å². The number of carbonyl (C=O) groups excluding carboxylic acids is 1. The SMILES string of the molecule is CC(C)(C)OC(=O)Nc1cccc2nc(C3CC3(F)F)oc12. The Labute approximate surface area is 125 Å². The molecule has 1 heterocycles. The number of fused-ring (bicyclic) bond motifs is 1. The lowest BCUT2D eigenvalue weighted by Gasteiger charge is -2.19. The minimum atomic E-state index is -2.75. The van der Waals surface area contributed by atoms with Gasteiger partial charge in [-0.05, 0) is 32.9 Å². The van der Waals surface area contributed by atoms with Crippen LogP contribution in [0.4, 0.5) is 19.3 Å². The van der Waals surface area contributed by atoms with Crippen LogP contribution in [0.2, 0.25) is 0 Å². The Hall–Kier alpha value is -2.18. The van der Waals surface area contributed by atoms with Crippen LogP contribution in [-0.4, -0.2) is 22.6 Å². The lowest BCUT2D eigenvalue weighted by atomic mass is 10.2. The molecule has 3 rings (SSSR count). The third-order valence-electron chi connectivity index (χ3n) is 3.19. The minimum Gasteiger partial charge on any atom is -0.444 e. The molecule has 1 aliphatic carbocycles. The van der Waals surface area contributed by atoms with Crippen molar-refractivity contribution >= 4 is 22.9 Å². The highest BCUT2D eigenvalue weighted by Gasteiger charge is 2.60. The summed E-state index contributed by atoms with van der Waals surface area (Å²) in [6, 6.07) is 4.90. The summed E-state index contributed by atoms with van der Waals surface area (Å²) in [4.78, 5) is 15.9. The third kappa shape index (κ3) is 2.88. The van der Waals surface area contributed by atoms with Gasteiger partial charge in [0.15, 0.2) is 5.58 Å². The van der Waals surface area contributed by atoms with Crippen LogP contribution in [0.25, 0.3) is 11.1 Å². The smallest absolute Gasteiger partial charge is 0.412 e. The van der Waals surface area contributed by atoms with Crippen LogP contribution in [0.1, 0.15) is 39.0 Å². The average Bonchev–Trinajstić information content (AvgIpc) is 2.82. The number of amides is 1. The Morgan fingerprint density at radius 1 is 1.45 bits per heavy atom. The number of nitrogens with zero attached hydrogens (tertiary/aromatic N) is 1. The fraction of sp³-hybridized carbons (Fsp3) is 0.467. The van der Waals surface area contributed by atoms with Gasteiger partial charge in [0.05, 0.1) is 5.69 Å². The molecule has 1 aromatic carbocycles. The van der Waals surface area contributed by atoms with Gasteiger partial charge in [-0.3, -0.25) is 5.32 Å². The summed E-state index contributed by atoms with van der Waals surface area (Å²) < 4.78 is 36.8. The molecule has 1 saturated carbocycles. The molecule has 1 fully saturated rings. The first-order valence-electron chi connectivity index (χ1n) is 6.93. The number of alkyl halides is 2. The summed E-state index contributed by atoms with van der Waals surface area (Å²) in [5.74, 6) is -3.73.